The molecular weight excluding hydrogens is 449 g/mol. The lowest BCUT2D eigenvalue weighted by Gasteiger charge is -2.19. The van der Waals surface area contributed by atoms with E-state index in [1.165, 1.54) is 0 Å². The van der Waals surface area contributed by atoms with E-state index in [1.807, 2.05) is 13.0 Å². The molecule has 180 valence electrons. The number of H-pyrrole nitrogens is 2. The van der Waals surface area contributed by atoms with E-state index < -0.39 is 5.82 Å². The van der Waals surface area contributed by atoms with Crippen LogP contribution in [0.2, 0.25) is 0 Å². The summed E-state index contributed by atoms with van der Waals surface area (Å²) in [5.74, 6) is -0.128. The van der Waals surface area contributed by atoms with Crippen LogP contribution in [0.3, 0.4) is 0 Å². The van der Waals surface area contributed by atoms with Gasteiger partial charge in [0.2, 0.25) is 0 Å². The maximum absolute atomic E-state index is 15.6. The van der Waals surface area contributed by atoms with Gasteiger partial charge in [-0.3, -0.25) is 5.10 Å². The largest absolute Gasteiger partial charge is 0.508 e. The Balaban J connectivity index is 1.54. The van der Waals surface area contributed by atoms with Gasteiger partial charge in [-0.2, -0.15) is 5.10 Å². The van der Waals surface area contributed by atoms with Crippen LogP contribution in [-0.4, -0.2) is 50.9 Å². The number of aromatic nitrogens is 4. The van der Waals surface area contributed by atoms with E-state index in [-0.39, 0.29) is 17.2 Å². The molecule has 8 nitrogen and oxygen atoms in total. The Morgan fingerprint density at radius 1 is 1.20 bits per heavy atom. The molecule has 5 rings (SSSR count). The first-order chi connectivity index (χ1) is 17.0. The van der Waals surface area contributed by atoms with Crippen LogP contribution in [0.25, 0.3) is 39.1 Å². The summed E-state index contributed by atoms with van der Waals surface area (Å²) in [6.07, 6.45) is 2.99. The molecule has 0 atom stereocenters. The normalized spacial score (nSPS) is 14.0. The summed E-state index contributed by atoms with van der Waals surface area (Å²) >= 11 is 0. The summed E-state index contributed by atoms with van der Waals surface area (Å²) in [7, 11) is 0. The van der Waals surface area contributed by atoms with Gasteiger partial charge in [-0.25, -0.2) is 14.2 Å². The van der Waals surface area contributed by atoms with Gasteiger partial charge >= 0.3 is 5.97 Å². The number of carbonyl (C=O) groups excluding carboxylic acids is 1. The molecule has 0 bridgehead atoms. The third-order valence-corrected chi connectivity index (χ3v) is 6.30. The fourth-order valence-corrected chi connectivity index (χ4v) is 4.57. The predicted molar refractivity (Wildman–Crippen MR) is 131 cm³/mol. The second-order valence-corrected chi connectivity index (χ2v) is 8.37. The smallest absolute Gasteiger partial charge is 0.335 e. The Labute approximate surface area is 201 Å². The molecule has 0 radical (unpaired) electrons. The van der Waals surface area contributed by atoms with Crippen LogP contribution < -0.4 is 5.32 Å². The highest BCUT2D eigenvalue weighted by Gasteiger charge is 2.24. The Bertz CT molecular complexity index is 1450. The Morgan fingerprint density at radius 3 is 2.83 bits per heavy atom. The van der Waals surface area contributed by atoms with Gasteiger partial charge in [-0.05, 0) is 61.2 Å². The number of hydrogen-bond acceptors (Lipinski definition) is 6. The number of ether oxygens (including phenoxy) is 1. The molecule has 2 aromatic heterocycles. The monoisotopic (exact) mass is 475 g/mol. The minimum Gasteiger partial charge on any atom is -0.508 e. The third-order valence-electron chi connectivity index (χ3n) is 6.30. The van der Waals surface area contributed by atoms with E-state index in [0.29, 0.717) is 54.0 Å². The number of fused-ring (bicyclic) bond motifs is 1. The second kappa shape index (κ2) is 9.34. The Kier molecular flexibility index (Phi) is 6.08. The van der Waals surface area contributed by atoms with Gasteiger partial charge in [-0.1, -0.05) is 19.1 Å². The van der Waals surface area contributed by atoms with Crippen LogP contribution in [0, 0.1) is 5.82 Å². The first kappa shape index (κ1) is 22.8. The van der Waals surface area contributed by atoms with E-state index in [9.17, 15) is 9.90 Å². The molecule has 0 saturated heterocycles. The summed E-state index contributed by atoms with van der Waals surface area (Å²) in [5, 5.41) is 20.7. The summed E-state index contributed by atoms with van der Waals surface area (Å²) in [5.41, 5.74) is 4.93. The van der Waals surface area contributed by atoms with Crippen molar-refractivity contribution in [3.63, 3.8) is 0 Å². The van der Waals surface area contributed by atoms with E-state index in [4.69, 9.17) is 4.74 Å². The van der Waals surface area contributed by atoms with Crippen LogP contribution in [0.5, 0.6) is 5.75 Å². The Morgan fingerprint density at radius 2 is 2.03 bits per heavy atom. The topological polar surface area (TPSA) is 116 Å². The van der Waals surface area contributed by atoms with Crippen molar-refractivity contribution < 1.29 is 19.0 Å². The van der Waals surface area contributed by atoms with Gasteiger partial charge in [-0.15, -0.1) is 0 Å². The molecule has 9 heteroatoms. The molecule has 4 aromatic rings. The fraction of sp³-hybridized carbons (Fsp3) is 0.269. The summed E-state index contributed by atoms with van der Waals surface area (Å²) < 4.78 is 20.8. The zero-order valence-electron chi connectivity index (χ0n) is 19.5. The Hall–Kier alpha value is -3.98. The average molecular weight is 476 g/mol. The number of esters is 1. The highest BCUT2D eigenvalue weighted by molar-refractivity contribution is 5.99. The summed E-state index contributed by atoms with van der Waals surface area (Å²) in [6, 6.07) is 8.46. The van der Waals surface area contributed by atoms with Gasteiger partial charge in [0.15, 0.2) is 11.6 Å². The first-order valence-corrected chi connectivity index (χ1v) is 11.7. The number of phenolic OH excluding ortho intramolecular Hbond substituents is 1. The molecule has 1 aliphatic rings. The molecule has 0 spiro atoms. The molecule has 0 amide bonds. The van der Waals surface area contributed by atoms with Crippen LogP contribution >= 0.6 is 0 Å². The van der Waals surface area contributed by atoms with Gasteiger partial charge in [0.25, 0.3) is 0 Å². The number of nitrogens with one attached hydrogen (secondary N) is 3. The minimum atomic E-state index is -0.442. The van der Waals surface area contributed by atoms with E-state index in [0.717, 1.165) is 28.9 Å². The summed E-state index contributed by atoms with van der Waals surface area (Å²) in [6.45, 7) is 5.22. The standard InChI is InChI=1S/C26H26FN5O3/c1-3-14-11-15(33)5-6-16(14)18-7-8-19-23(22(18)27)31-32-24(19)25-29-13-21(30-25)17-9-10-28-12-20(17)26(34)35-4-2/h5-8,11,13,28,33H,3-4,9-10,12H2,1-2H3,(H,29,30)(H,31,32). The molecule has 3 heterocycles. The minimum absolute atomic E-state index is 0.151. The first-order valence-electron chi connectivity index (χ1n) is 11.7. The van der Waals surface area contributed by atoms with Crippen molar-refractivity contribution >= 4 is 22.4 Å². The average Bonchev–Trinajstić information content (AvgIpc) is 3.52. The van der Waals surface area contributed by atoms with Gasteiger partial charge < -0.3 is 20.1 Å². The number of rotatable bonds is 6. The van der Waals surface area contributed by atoms with Gasteiger partial charge in [0, 0.05) is 17.5 Å². The van der Waals surface area contributed by atoms with Crippen LogP contribution in [-0.2, 0) is 16.0 Å². The van der Waals surface area contributed by atoms with Crippen molar-refractivity contribution in [3.05, 3.63) is 59.2 Å². The number of halogens is 1. The molecule has 0 unspecified atom stereocenters. The molecule has 35 heavy (non-hydrogen) atoms. The molecule has 0 saturated carbocycles. The van der Waals surface area contributed by atoms with Crippen molar-refractivity contribution in [2.75, 3.05) is 19.7 Å². The number of imidazole rings is 1. The highest BCUT2D eigenvalue weighted by atomic mass is 19.1. The summed E-state index contributed by atoms with van der Waals surface area (Å²) in [4.78, 5) is 20.2. The lowest BCUT2D eigenvalue weighted by molar-refractivity contribution is -0.138. The SMILES string of the molecule is CCOC(=O)C1=C(c2cnc(-c3[nH]nc4c(F)c(-c5ccc(O)cc5CC)ccc34)[nH]2)CCNC1. The van der Waals surface area contributed by atoms with Gasteiger partial charge in [0.05, 0.1) is 24.1 Å². The number of hydrogen-bond donors (Lipinski definition) is 4. The van der Waals surface area contributed by atoms with Crippen LogP contribution in [0.15, 0.2) is 42.1 Å². The van der Waals surface area contributed by atoms with E-state index in [1.54, 1.807) is 37.4 Å². The molecule has 0 fully saturated rings. The van der Waals surface area contributed by atoms with Crippen molar-refractivity contribution in [1.82, 2.24) is 25.5 Å². The number of benzene rings is 2. The number of carbonyl (C=O) groups is 1. The number of nitrogens with zero attached hydrogens (tertiary/aromatic N) is 2. The maximum atomic E-state index is 15.6. The van der Waals surface area contributed by atoms with Gasteiger partial charge in [0.1, 0.15) is 17.0 Å². The lowest BCUT2D eigenvalue weighted by atomic mass is 9.96. The predicted octanol–water partition coefficient (Wildman–Crippen LogP) is 4.34. The van der Waals surface area contributed by atoms with E-state index in [2.05, 4.69) is 25.5 Å². The quantitative estimate of drug-likeness (QED) is 0.309. The molecule has 4 N–H and O–H groups in total. The number of aromatic hydroxyl groups is 1. The maximum Gasteiger partial charge on any atom is 0.335 e. The molecule has 1 aliphatic heterocycles. The van der Waals surface area contributed by atoms with Crippen molar-refractivity contribution in [2.45, 2.75) is 26.7 Å². The number of aryl methyl sites for hydroxylation is 1. The second-order valence-electron chi connectivity index (χ2n) is 8.37. The van der Waals surface area contributed by atoms with Crippen LogP contribution in [0.1, 0.15) is 31.5 Å². The molecular formula is C26H26FN5O3. The lowest BCUT2D eigenvalue weighted by Crippen LogP contribution is -2.29. The number of phenols is 1. The van der Waals surface area contributed by atoms with Crippen LogP contribution in [0.4, 0.5) is 4.39 Å². The number of aromatic amines is 2. The zero-order chi connectivity index (χ0) is 24.5. The van der Waals surface area contributed by atoms with Crippen molar-refractivity contribution in [3.8, 4) is 28.4 Å². The van der Waals surface area contributed by atoms with Crippen molar-refractivity contribution in [2.24, 2.45) is 0 Å². The molecule has 2 aromatic carbocycles. The zero-order valence-corrected chi connectivity index (χ0v) is 19.5. The van der Waals surface area contributed by atoms with Crippen molar-refractivity contribution in [1.29, 1.82) is 0 Å². The highest BCUT2D eigenvalue weighted by Crippen LogP contribution is 2.35. The molecule has 0 aliphatic carbocycles. The third kappa shape index (κ3) is 4.08. The van der Waals surface area contributed by atoms with E-state index >= 15 is 4.39 Å². The fourth-order valence-electron chi connectivity index (χ4n) is 4.57.